The number of aromatic nitrogens is 1. The summed E-state index contributed by atoms with van der Waals surface area (Å²) in [6.45, 7) is 5.32. The Labute approximate surface area is 151 Å². The number of aryl methyl sites for hydroxylation is 2. The summed E-state index contributed by atoms with van der Waals surface area (Å²) in [5.74, 6) is -0.589. The number of piperidine rings is 1. The van der Waals surface area contributed by atoms with E-state index in [-0.39, 0.29) is 11.8 Å². The van der Waals surface area contributed by atoms with Gasteiger partial charge in [0.15, 0.2) is 0 Å². The predicted molar refractivity (Wildman–Crippen MR) is 97.2 cm³/mol. The first-order valence-corrected chi connectivity index (χ1v) is 9.29. The van der Waals surface area contributed by atoms with Crippen molar-refractivity contribution >= 4 is 23.2 Å². The van der Waals surface area contributed by atoms with Crippen molar-refractivity contribution in [2.45, 2.75) is 39.0 Å². The van der Waals surface area contributed by atoms with Crippen LogP contribution in [0.5, 0.6) is 0 Å². The van der Waals surface area contributed by atoms with E-state index in [0.29, 0.717) is 18.5 Å². The lowest BCUT2D eigenvalue weighted by atomic mass is 9.89. The molecule has 2 heterocycles. The van der Waals surface area contributed by atoms with Gasteiger partial charge in [0.1, 0.15) is 0 Å². The molecule has 5 nitrogen and oxygen atoms in total. The number of benzene rings is 1. The van der Waals surface area contributed by atoms with Crippen LogP contribution in [-0.2, 0) is 11.2 Å². The number of likely N-dealkylation sites (tertiary alicyclic amines) is 1. The third-order valence-electron chi connectivity index (χ3n) is 4.69. The van der Waals surface area contributed by atoms with Gasteiger partial charge in [-0.25, -0.2) is 9.78 Å². The molecule has 25 heavy (non-hydrogen) atoms. The minimum atomic E-state index is -0.915. The summed E-state index contributed by atoms with van der Waals surface area (Å²) >= 11 is 1.59. The van der Waals surface area contributed by atoms with Crippen LogP contribution in [0, 0.1) is 13.8 Å². The molecule has 0 spiro atoms. The lowest BCUT2D eigenvalue weighted by molar-refractivity contribution is -0.131. The SMILES string of the molecule is Cc1nc(C)c(CC(=O)N2CCCC(c3cccc(C(=O)O)c3)C2)s1. The van der Waals surface area contributed by atoms with Crippen molar-refractivity contribution in [2.75, 3.05) is 13.1 Å². The number of carbonyl (C=O) groups excluding carboxylic acids is 1. The van der Waals surface area contributed by atoms with E-state index < -0.39 is 5.97 Å². The lowest BCUT2D eigenvalue weighted by Gasteiger charge is -2.33. The molecule has 1 N–H and O–H groups in total. The molecule has 1 atom stereocenters. The van der Waals surface area contributed by atoms with E-state index in [0.717, 1.165) is 40.5 Å². The number of nitrogens with zero attached hydrogens (tertiary/aromatic N) is 2. The molecular weight excluding hydrogens is 336 g/mol. The van der Waals surface area contributed by atoms with Crippen molar-refractivity contribution in [3.63, 3.8) is 0 Å². The molecule has 0 saturated carbocycles. The maximum atomic E-state index is 12.7. The molecule has 1 unspecified atom stereocenters. The fourth-order valence-electron chi connectivity index (χ4n) is 3.39. The van der Waals surface area contributed by atoms with Gasteiger partial charge in [-0.3, -0.25) is 4.79 Å². The molecule has 1 aliphatic rings. The second-order valence-corrected chi connectivity index (χ2v) is 7.82. The smallest absolute Gasteiger partial charge is 0.335 e. The molecule has 1 aliphatic heterocycles. The maximum Gasteiger partial charge on any atom is 0.335 e. The average molecular weight is 358 g/mol. The zero-order valence-electron chi connectivity index (χ0n) is 14.5. The van der Waals surface area contributed by atoms with E-state index >= 15 is 0 Å². The number of rotatable bonds is 4. The summed E-state index contributed by atoms with van der Waals surface area (Å²) < 4.78 is 0. The van der Waals surface area contributed by atoms with E-state index in [2.05, 4.69) is 4.98 Å². The molecule has 132 valence electrons. The second-order valence-electron chi connectivity index (χ2n) is 6.53. The first-order valence-electron chi connectivity index (χ1n) is 8.48. The van der Waals surface area contributed by atoms with Gasteiger partial charge in [0, 0.05) is 23.9 Å². The Balaban J connectivity index is 1.70. The van der Waals surface area contributed by atoms with Crippen LogP contribution in [0.1, 0.15) is 50.3 Å². The molecule has 1 saturated heterocycles. The maximum absolute atomic E-state index is 12.7. The highest BCUT2D eigenvalue weighted by Gasteiger charge is 2.26. The highest BCUT2D eigenvalue weighted by molar-refractivity contribution is 7.11. The van der Waals surface area contributed by atoms with Gasteiger partial charge in [-0.2, -0.15) is 0 Å². The average Bonchev–Trinajstić information content (AvgIpc) is 2.92. The molecule has 0 aliphatic carbocycles. The quantitative estimate of drug-likeness (QED) is 0.909. The molecule has 1 aromatic heterocycles. The fourth-order valence-corrected chi connectivity index (χ4v) is 4.32. The van der Waals surface area contributed by atoms with Crippen LogP contribution in [0.2, 0.25) is 0 Å². The summed E-state index contributed by atoms with van der Waals surface area (Å²) in [4.78, 5) is 31.2. The van der Waals surface area contributed by atoms with Crippen LogP contribution in [0.15, 0.2) is 24.3 Å². The van der Waals surface area contributed by atoms with Crippen LogP contribution in [-0.4, -0.2) is 40.0 Å². The van der Waals surface area contributed by atoms with Gasteiger partial charge < -0.3 is 10.0 Å². The zero-order chi connectivity index (χ0) is 18.0. The van der Waals surface area contributed by atoms with Gasteiger partial charge in [-0.15, -0.1) is 11.3 Å². The second kappa shape index (κ2) is 7.35. The van der Waals surface area contributed by atoms with Crippen LogP contribution >= 0.6 is 11.3 Å². The van der Waals surface area contributed by atoms with Gasteiger partial charge in [-0.05, 0) is 44.4 Å². The summed E-state index contributed by atoms with van der Waals surface area (Å²) in [6.07, 6.45) is 2.32. The number of hydrogen-bond donors (Lipinski definition) is 1. The molecule has 1 amide bonds. The molecule has 0 bridgehead atoms. The van der Waals surface area contributed by atoms with Gasteiger partial charge in [0.2, 0.25) is 5.91 Å². The summed E-state index contributed by atoms with van der Waals surface area (Å²) in [7, 11) is 0. The zero-order valence-corrected chi connectivity index (χ0v) is 15.3. The number of aromatic carboxylic acids is 1. The third kappa shape index (κ3) is 4.07. The molecular formula is C19H22N2O3S. The first-order chi connectivity index (χ1) is 11.9. The Morgan fingerprint density at radius 3 is 2.84 bits per heavy atom. The number of hydrogen-bond acceptors (Lipinski definition) is 4. The Kier molecular flexibility index (Phi) is 5.18. The Morgan fingerprint density at radius 1 is 1.36 bits per heavy atom. The topological polar surface area (TPSA) is 70.5 Å². The monoisotopic (exact) mass is 358 g/mol. The summed E-state index contributed by atoms with van der Waals surface area (Å²) in [6, 6.07) is 7.08. The normalized spacial score (nSPS) is 17.5. The van der Waals surface area contributed by atoms with Crippen molar-refractivity contribution in [2.24, 2.45) is 0 Å². The first kappa shape index (κ1) is 17.6. The van der Waals surface area contributed by atoms with Crippen molar-refractivity contribution in [1.82, 2.24) is 9.88 Å². The molecule has 1 aromatic carbocycles. The van der Waals surface area contributed by atoms with Crippen LogP contribution in [0.4, 0.5) is 0 Å². The van der Waals surface area contributed by atoms with E-state index in [1.54, 1.807) is 29.5 Å². The van der Waals surface area contributed by atoms with E-state index in [4.69, 9.17) is 0 Å². The van der Waals surface area contributed by atoms with Gasteiger partial charge in [0.05, 0.1) is 22.7 Å². The van der Waals surface area contributed by atoms with Gasteiger partial charge >= 0.3 is 5.97 Å². The fraction of sp³-hybridized carbons (Fsp3) is 0.421. The van der Waals surface area contributed by atoms with Gasteiger partial charge in [0.25, 0.3) is 0 Å². The predicted octanol–water partition coefficient (Wildman–Crippen LogP) is 3.41. The number of carbonyl (C=O) groups is 2. The highest BCUT2D eigenvalue weighted by atomic mass is 32.1. The summed E-state index contributed by atoms with van der Waals surface area (Å²) in [5.41, 5.74) is 2.25. The van der Waals surface area contributed by atoms with E-state index in [1.165, 1.54) is 0 Å². The number of carboxylic acid groups (broad SMARTS) is 1. The summed E-state index contributed by atoms with van der Waals surface area (Å²) in [5, 5.41) is 10.2. The minimum absolute atomic E-state index is 0.130. The Bertz CT molecular complexity index is 800. The van der Waals surface area contributed by atoms with Gasteiger partial charge in [-0.1, -0.05) is 12.1 Å². The van der Waals surface area contributed by atoms with Crippen LogP contribution in [0.25, 0.3) is 0 Å². The number of thiazole rings is 1. The Hall–Kier alpha value is -2.21. The van der Waals surface area contributed by atoms with E-state index in [9.17, 15) is 14.7 Å². The Morgan fingerprint density at radius 2 is 2.16 bits per heavy atom. The van der Waals surface area contributed by atoms with E-state index in [1.807, 2.05) is 24.8 Å². The number of amides is 1. The standard InChI is InChI=1S/C19H22N2O3S/c1-12-17(25-13(2)20-12)10-18(22)21-8-4-7-16(11-21)14-5-3-6-15(9-14)19(23)24/h3,5-6,9,16H,4,7-8,10-11H2,1-2H3,(H,23,24). The third-order valence-corrected chi connectivity index (χ3v) is 5.76. The largest absolute Gasteiger partial charge is 0.478 e. The van der Waals surface area contributed by atoms with Crippen molar-refractivity contribution in [3.05, 3.63) is 51.0 Å². The van der Waals surface area contributed by atoms with Crippen molar-refractivity contribution in [1.29, 1.82) is 0 Å². The minimum Gasteiger partial charge on any atom is -0.478 e. The lowest BCUT2D eigenvalue weighted by Crippen LogP contribution is -2.40. The van der Waals surface area contributed by atoms with Crippen LogP contribution < -0.4 is 0 Å². The molecule has 3 rings (SSSR count). The molecule has 2 aromatic rings. The van der Waals surface area contributed by atoms with Crippen LogP contribution in [0.3, 0.4) is 0 Å². The number of carboxylic acids is 1. The molecule has 6 heteroatoms. The highest BCUT2D eigenvalue weighted by Crippen LogP contribution is 2.28. The van der Waals surface area contributed by atoms with Crippen molar-refractivity contribution < 1.29 is 14.7 Å². The molecule has 1 fully saturated rings. The molecule has 0 radical (unpaired) electrons. The van der Waals surface area contributed by atoms with Crippen molar-refractivity contribution in [3.8, 4) is 0 Å².